The van der Waals surface area contributed by atoms with Crippen LogP contribution in [0.15, 0.2) is 22.7 Å². The summed E-state index contributed by atoms with van der Waals surface area (Å²) in [7, 11) is 0. The van der Waals surface area contributed by atoms with Crippen molar-refractivity contribution in [3.8, 4) is 12.3 Å². The van der Waals surface area contributed by atoms with Gasteiger partial charge in [-0.25, -0.2) is 0 Å². The Labute approximate surface area is 89.6 Å². The maximum Gasteiger partial charge on any atom is 0.271 e. The lowest BCUT2D eigenvalue weighted by Crippen LogP contribution is -2.00. The first-order chi connectivity index (χ1) is 6.65. The van der Waals surface area contributed by atoms with Crippen LogP contribution in [0.25, 0.3) is 0 Å². The van der Waals surface area contributed by atoms with Gasteiger partial charge in [0, 0.05) is 16.6 Å². The molecular weight excluding hydrogens is 248 g/mol. The number of halogens is 1. The van der Waals surface area contributed by atoms with Gasteiger partial charge in [0.1, 0.15) is 0 Å². The summed E-state index contributed by atoms with van der Waals surface area (Å²) in [4.78, 5) is 10.0. The SMILES string of the molecule is C#CCNc1cc([N+](=O)[O-])ccc1Br. The topological polar surface area (TPSA) is 55.2 Å². The third-order valence-corrected chi connectivity index (χ3v) is 2.23. The number of nitrogens with zero attached hydrogens (tertiary/aromatic N) is 1. The van der Waals surface area contributed by atoms with Gasteiger partial charge in [0.25, 0.3) is 5.69 Å². The fourth-order valence-corrected chi connectivity index (χ4v) is 1.30. The Morgan fingerprint density at radius 1 is 1.64 bits per heavy atom. The predicted octanol–water partition coefficient (Wildman–Crippen LogP) is 2.40. The smallest absolute Gasteiger partial charge is 0.271 e. The Morgan fingerprint density at radius 3 is 2.93 bits per heavy atom. The van der Waals surface area contributed by atoms with E-state index in [1.807, 2.05) is 0 Å². The Hall–Kier alpha value is -1.54. The monoisotopic (exact) mass is 254 g/mol. The summed E-state index contributed by atoms with van der Waals surface area (Å²) in [5, 5.41) is 13.3. The molecule has 1 rings (SSSR count). The molecule has 1 N–H and O–H groups in total. The van der Waals surface area contributed by atoms with Gasteiger partial charge in [0.15, 0.2) is 0 Å². The van der Waals surface area contributed by atoms with Crippen molar-refractivity contribution < 1.29 is 4.92 Å². The van der Waals surface area contributed by atoms with Crippen molar-refractivity contribution in [2.75, 3.05) is 11.9 Å². The molecule has 0 radical (unpaired) electrons. The molecule has 0 atom stereocenters. The third-order valence-electron chi connectivity index (χ3n) is 1.54. The van der Waals surface area contributed by atoms with E-state index in [4.69, 9.17) is 6.42 Å². The number of anilines is 1. The number of terminal acetylenes is 1. The molecule has 0 fully saturated rings. The highest BCUT2D eigenvalue weighted by Gasteiger charge is 2.08. The van der Waals surface area contributed by atoms with Crippen molar-refractivity contribution in [3.63, 3.8) is 0 Å². The molecular formula is C9H7BrN2O2. The van der Waals surface area contributed by atoms with E-state index in [0.29, 0.717) is 12.2 Å². The Bertz CT molecular complexity index is 398. The normalized spacial score (nSPS) is 9.14. The van der Waals surface area contributed by atoms with E-state index in [9.17, 15) is 10.1 Å². The molecule has 0 saturated heterocycles. The molecule has 0 unspecified atom stereocenters. The fourth-order valence-electron chi connectivity index (χ4n) is 0.909. The van der Waals surface area contributed by atoms with E-state index in [1.165, 1.54) is 12.1 Å². The molecule has 14 heavy (non-hydrogen) atoms. The lowest BCUT2D eigenvalue weighted by molar-refractivity contribution is -0.384. The molecule has 1 aromatic carbocycles. The van der Waals surface area contributed by atoms with Crippen LogP contribution in [0.3, 0.4) is 0 Å². The number of hydrogen-bond donors (Lipinski definition) is 1. The van der Waals surface area contributed by atoms with Gasteiger partial charge in [-0.2, -0.15) is 0 Å². The summed E-state index contributed by atoms with van der Waals surface area (Å²) >= 11 is 3.26. The second kappa shape index (κ2) is 4.63. The van der Waals surface area contributed by atoms with E-state index in [0.717, 1.165) is 4.47 Å². The molecule has 72 valence electrons. The predicted molar refractivity (Wildman–Crippen MR) is 58.1 cm³/mol. The van der Waals surface area contributed by atoms with Crippen molar-refractivity contribution in [2.45, 2.75) is 0 Å². The summed E-state index contributed by atoms with van der Waals surface area (Å²) in [6, 6.07) is 4.46. The lowest BCUT2D eigenvalue weighted by atomic mass is 10.3. The first-order valence-electron chi connectivity index (χ1n) is 3.76. The van der Waals surface area contributed by atoms with Gasteiger partial charge in [0.05, 0.1) is 17.2 Å². The van der Waals surface area contributed by atoms with Crippen LogP contribution < -0.4 is 5.32 Å². The van der Waals surface area contributed by atoms with Gasteiger partial charge in [-0.15, -0.1) is 6.42 Å². The van der Waals surface area contributed by atoms with E-state index in [-0.39, 0.29) is 5.69 Å². The average Bonchev–Trinajstić information content (AvgIpc) is 2.16. The van der Waals surface area contributed by atoms with Crippen molar-refractivity contribution >= 4 is 27.3 Å². The van der Waals surface area contributed by atoms with Crippen LogP contribution in [0, 0.1) is 22.5 Å². The van der Waals surface area contributed by atoms with Crippen molar-refractivity contribution in [1.82, 2.24) is 0 Å². The zero-order valence-corrected chi connectivity index (χ0v) is 8.74. The highest BCUT2D eigenvalue weighted by atomic mass is 79.9. The molecule has 0 aliphatic carbocycles. The molecule has 0 amide bonds. The molecule has 0 saturated carbocycles. The van der Waals surface area contributed by atoms with Crippen molar-refractivity contribution in [2.24, 2.45) is 0 Å². The molecule has 0 aliphatic heterocycles. The van der Waals surface area contributed by atoms with Crippen LogP contribution in [0.5, 0.6) is 0 Å². The number of non-ortho nitro benzene ring substituents is 1. The number of benzene rings is 1. The van der Waals surface area contributed by atoms with Crippen LogP contribution in [-0.4, -0.2) is 11.5 Å². The van der Waals surface area contributed by atoms with Gasteiger partial charge < -0.3 is 5.32 Å². The Kier molecular flexibility index (Phi) is 3.48. The summed E-state index contributed by atoms with van der Waals surface area (Å²) in [6.45, 7) is 0.333. The van der Waals surface area contributed by atoms with Crippen molar-refractivity contribution in [3.05, 3.63) is 32.8 Å². The zero-order valence-electron chi connectivity index (χ0n) is 7.16. The molecule has 0 aliphatic rings. The van der Waals surface area contributed by atoms with Crippen LogP contribution in [-0.2, 0) is 0 Å². The van der Waals surface area contributed by atoms with Crippen LogP contribution >= 0.6 is 15.9 Å². The van der Waals surface area contributed by atoms with Crippen molar-refractivity contribution in [1.29, 1.82) is 0 Å². The number of hydrogen-bond acceptors (Lipinski definition) is 3. The standard InChI is InChI=1S/C9H7BrN2O2/c1-2-5-11-9-6-7(12(13)14)3-4-8(9)10/h1,3-4,6,11H,5H2. The van der Waals surface area contributed by atoms with E-state index in [1.54, 1.807) is 6.07 Å². The van der Waals surface area contributed by atoms with E-state index < -0.39 is 4.92 Å². The van der Waals surface area contributed by atoms with E-state index in [2.05, 4.69) is 27.2 Å². The maximum absolute atomic E-state index is 10.5. The van der Waals surface area contributed by atoms with Gasteiger partial charge in [0.2, 0.25) is 0 Å². The molecule has 4 nitrogen and oxygen atoms in total. The van der Waals surface area contributed by atoms with Crippen LogP contribution in [0.4, 0.5) is 11.4 Å². The highest BCUT2D eigenvalue weighted by molar-refractivity contribution is 9.10. The zero-order chi connectivity index (χ0) is 10.6. The second-order valence-electron chi connectivity index (χ2n) is 2.48. The van der Waals surface area contributed by atoms with Gasteiger partial charge in [-0.1, -0.05) is 5.92 Å². The highest BCUT2D eigenvalue weighted by Crippen LogP contribution is 2.26. The van der Waals surface area contributed by atoms with Crippen LogP contribution in [0.2, 0.25) is 0 Å². The second-order valence-corrected chi connectivity index (χ2v) is 3.33. The summed E-state index contributed by atoms with van der Waals surface area (Å²) in [6.07, 6.45) is 5.06. The molecule has 0 heterocycles. The molecule has 5 heteroatoms. The minimum Gasteiger partial charge on any atom is -0.373 e. The summed E-state index contributed by atoms with van der Waals surface area (Å²) in [5.41, 5.74) is 0.657. The minimum absolute atomic E-state index is 0.0349. The largest absolute Gasteiger partial charge is 0.373 e. The molecule has 0 aromatic heterocycles. The maximum atomic E-state index is 10.5. The first-order valence-corrected chi connectivity index (χ1v) is 4.55. The molecule has 0 spiro atoms. The first kappa shape index (κ1) is 10.5. The molecule has 0 bridgehead atoms. The van der Waals surface area contributed by atoms with Gasteiger partial charge >= 0.3 is 0 Å². The third kappa shape index (κ3) is 2.47. The van der Waals surface area contributed by atoms with Crippen LogP contribution in [0.1, 0.15) is 0 Å². The number of nitrogens with one attached hydrogen (secondary N) is 1. The van der Waals surface area contributed by atoms with Gasteiger partial charge in [-0.05, 0) is 22.0 Å². The summed E-state index contributed by atoms with van der Waals surface area (Å²) in [5.74, 6) is 2.39. The molecule has 1 aromatic rings. The number of nitro benzene ring substituents is 1. The van der Waals surface area contributed by atoms with E-state index >= 15 is 0 Å². The Balaban J connectivity index is 2.97. The quantitative estimate of drug-likeness (QED) is 0.512. The minimum atomic E-state index is -0.451. The van der Waals surface area contributed by atoms with Gasteiger partial charge in [-0.3, -0.25) is 10.1 Å². The summed E-state index contributed by atoms with van der Waals surface area (Å²) < 4.78 is 0.748. The number of nitro groups is 1. The Morgan fingerprint density at radius 2 is 2.36 bits per heavy atom. The number of rotatable bonds is 3. The average molecular weight is 255 g/mol. The fraction of sp³-hybridized carbons (Fsp3) is 0.111. The lowest BCUT2D eigenvalue weighted by Gasteiger charge is -2.04.